The molecule has 0 bridgehead atoms. The number of nitro benzene ring substituents is 1. The summed E-state index contributed by atoms with van der Waals surface area (Å²) in [5.74, 6) is -0.624. The number of anilines is 1. The number of carbonyl (C=O) groups is 2. The van der Waals surface area contributed by atoms with Gasteiger partial charge in [0.15, 0.2) is 11.5 Å². The third-order valence-electron chi connectivity index (χ3n) is 6.00. The van der Waals surface area contributed by atoms with E-state index in [0.717, 1.165) is 0 Å². The molecule has 2 heterocycles. The molecule has 2 aliphatic heterocycles. The van der Waals surface area contributed by atoms with Gasteiger partial charge in [0.25, 0.3) is 17.4 Å². The molecular weight excluding hydrogens is 480 g/mol. The number of benzene rings is 3. The number of rotatable bonds is 6. The Morgan fingerprint density at radius 1 is 1.03 bits per heavy atom. The van der Waals surface area contributed by atoms with E-state index in [2.05, 4.69) is 0 Å². The van der Waals surface area contributed by atoms with E-state index in [1.165, 1.54) is 29.2 Å². The minimum atomic E-state index is -0.983. The lowest BCUT2D eigenvalue weighted by Gasteiger charge is -2.26. The average Bonchev–Trinajstić information content (AvgIpc) is 3.45. The van der Waals surface area contributed by atoms with Crippen LogP contribution in [0.15, 0.2) is 72.3 Å². The molecule has 1 amide bonds. The lowest BCUT2D eigenvalue weighted by atomic mass is 9.95. The Morgan fingerprint density at radius 2 is 1.70 bits per heavy atom. The summed E-state index contributed by atoms with van der Waals surface area (Å²) in [6, 6.07) is 15.9. The molecule has 188 valence electrons. The molecule has 3 aromatic carbocycles. The van der Waals surface area contributed by atoms with Gasteiger partial charge < -0.3 is 19.3 Å². The van der Waals surface area contributed by atoms with Gasteiger partial charge in [-0.3, -0.25) is 24.6 Å². The molecule has 1 unspecified atom stereocenters. The van der Waals surface area contributed by atoms with Gasteiger partial charge in [0, 0.05) is 29.4 Å². The number of hydrogen-bond donors (Lipinski definition) is 1. The van der Waals surface area contributed by atoms with Gasteiger partial charge in [-0.2, -0.15) is 0 Å². The molecule has 2 aliphatic rings. The van der Waals surface area contributed by atoms with Crippen LogP contribution in [0.25, 0.3) is 5.76 Å². The number of amides is 1. The monoisotopic (exact) mass is 502 g/mol. The number of nitrogens with zero attached hydrogens (tertiary/aromatic N) is 2. The van der Waals surface area contributed by atoms with Gasteiger partial charge in [-0.15, -0.1) is 0 Å². The van der Waals surface area contributed by atoms with Crippen molar-refractivity contribution in [1.82, 2.24) is 0 Å². The predicted octanol–water partition coefficient (Wildman–Crippen LogP) is 4.74. The Labute approximate surface area is 211 Å². The Kier molecular flexibility index (Phi) is 6.00. The first kappa shape index (κ1) is 23.9. The van der Waals surface area contributed by atoms with Crippen molar-refractivity contribution in [3.8, 4) is 17.2 Å². The van der Waals surface area contributed by atoms with Gasteiger partial charge in [-0.05, 0) is 55.8 Å². The molecule has 37 heavy (non-hydrogen) atoms. The van der Waals surface area contributed by atoms with Crippen molar-refractivity contribution in [2.75, 3.05) is 11.7 Å². The van der Waals surface area contributed by atoms with Crippen molar-refractivity contribution in [2.24, 2.45) is 0 Å². The molecule has 0 aromatic heterocycles. The van der Waals surface area contributed by atoms with Crippen LogP contribution >= 0.6 is 0 Å². The quantitative estimate of drug-likeness (QED) is 0.168. The molecule has 3 aromatic rings. The van der Waals surface area contributed by atoms with E-state index in [9.17, 15) is 24.8 Å². The Hall–Kier alpha value is -4.86. The van der Waals surface area contributed by atoms with Crippen molar-refractivity contribution in [2.45, 2.75) is 26.0 Å². The predicted molar refractivity (Wildman–Crippen MR) is 133 cm³/mol. The largest absolute Gasteiger partial charge is 0.507 e. The smallest absolute Gasteiger partial charge is 0.300 e. The highest BCUT2D eigenvalue weighted by Gasteiger charge is 2.47. The second kappa shape index (κ2) is 9.30. The topological polar surface area (TPSA) is 128 Å². The molecular formula is C27H22N2O8. The van der Waals surface area contributed by atoms with E-state index in [4.69, 9.17) is 14.2 Å². The minimum absolute atomic E-state index is 0.0402. The highest BCUT2D eigenvalue weighted by Crippen LogP contribution is 2.45. The first-order valence-electron chi connectivity index (χ1n) is 11.5. The number of fused-ring (bicyclic) bond motifs is 1. The normalized spacial score (nSPS) is 17.9. The zero-order chi connectivity index (χ0) is 26.3. The molecule has 1 saturated heterocycles. The van der Waals surface area contributed by atoms with Crippen LogP contribution in [0.3, 0.4) is 0 Å². The molecule has 1 fully saturated rings. The summed E-state index contributed by atoms with van der Waals surface area (Å²) in [7, 11) is 0. The number of aliphatic hydroxyl groups excluding tert-OH is 1. The number of aliphatic hydroxyl groups is 1. The van der Waals surface area contributed by atoms with E-state index in [-0.39, 0.29) is 29.7 Å². The molecule has 10 nitrogen and oxygen atoms in total. The molecule has 10 heteroatoms. The van der Waals surface area contributed by atoms with Crippen LogP contribution in [-0.4, -0.2) is 34.6 Å². The number of non-ortho nitro benzene ring substituents is 1. The first-order valence-corrected chi connectivity index (χ1v) is 11.5. The molecule has 0 radical (unpaired) electrons. The van der Waals surface area contributed by atoms with Crippen molar-refractivity contribution in [1.29, 1.82) is 0 Å². The lowest BCUT2D eigenvalue weighted by Crippen LogP contribution is -2.29. The van der Waals surface area contributed by atoms with Gasteiger partial charge in [-0.1, -0.05) is 12.1 Å². The Bertz CT molecular complexity index is 1430. The minimum Gasteiger partial charge on any atom is -0.507 e. The van der Waals surface area contributed by atoms with Crippen LogP contribution < -0.4 is 19.1 Å². The van der Waals surface area contributed by atoms with E-state index in [0.29, 0.717) is 28.5 Å². The highest BCUT2D eigenvalue weighted by molar-refractivity contribution is 6.51. The summed E-state index contributed by atoms with van der Waals surface area (Å²) in [6.45, 7) is 3.83. The van der Waals surface area contributed by atoms with Gasteiger partial charge >= 0.3 is 0 Å². The number of nitro groups is 1. The van der Waals surface area contributed by atoms with Crippen molar-refractivity contribution >= 4 is 28.8 Å². The third kappa shape index (κ3) is 4.33. The summed E-state index contributed by atoms with van der Waals surface area (Å²) in [5, 5.41) is 22.2. The summed E-state index contributed by atoms with van der Waals surface area (Å²) >= 11 is 0. The van der Waals surface area contributed by atoms with Gasteiger partial charge in [0.2, 0.25) is 6.79 Å². The second-order valence-electron chi connectivity index (χ2n) is 8.75. The zero-order valence-electron chi connectivity index (χ0n) is 19.9. The summed E-state index contributed by atoms with van der Waals surface area (Å²) < 4.78 is 16.5. The van der Waals surface area contributed by atoms with Crippen molar-refractivity contribution in [3.05, 3.63) is 93.5 Å². The summed E-state index contributed by atoms with van der Waals surface area (Å²) in [4.78, 5) is 38.4. The molecule has 1 atom stereocenters. The van der Waals surface area contributed by atoms with Gasteiger partial charge in [0.05, 0.1) is 22.6 Å². The molecule has 0 spiro atoms. The van der Waals surface area contributed by atoms with Gasteiger partial charge in [0.1, 0.15) is 11.5 Å². The van der Waals surface area contributed by atoms with Crippen LogP contribution in [0.2, 0.25) is 0 Å². The van der Waals surface area contributed by atoms with E-state index >= 15 is 0 Å². The number of carbonyl (C=O) groups excluding carboxylic acids is 2. The van der Waals surface area contributed by atoms with Crippen molar-refractivity contribution in [3.63, 3.8) is 0 Å². The van der Waals surface area contributed by atoms with E-state index in [1.807, 2.05) is 13.8 Å². The molecule has 0 aliphatic carbocycles. The standard InChI is InChI=1S/C27H22N2O8/c1-15(2)37-20-10-5-16(6-11-20)24-23(25(30)17-3-7-18(8-4-17)29(33)34)26(31)27(32)28(24)19-9-12-21-22(13-19)36-14-35-21/h3-13,15,24,30H,14H2,1-2H3/b25-23+. The lowest BCUT2D eigenvalue weighted by molar-refractivity contribution is -0.384. The molecule has 1 N–H and O–H groups in total. The van der Waals surface area contributed by atoms with Crippen molar-refractivity contribution < 1.29 is 33.8 Å². The number of hydrogen-bond acceptors (Lipinski definition) is 8. The van der Waals surface area contributed by atoms with E-state index < -0.39 is 28.4 Å². The SMILES string of the molecule is CC(C)Oc1ccc(C2/C(=C(\O)c3ccc([N+](=O)[O-])cc3)C(=O)C(=O)N2c2ccc3c(c2)OCO3)cc1. The molecule has 5 rings (SSSR count). The van der Waals surface area contributed by atoms with Crippen LogP contribution in [0.4, 0.5) is 11.4 Å². The van der Waals surface area contributed by atoms with Crippen LogP contribution in [0.5, 0.6) is 17.2 Å². The Morgan fingerprint density at radius 3 is 2.35 bits per heavy atom. The third-order valence-corrected chi connectivity index (χ3v) is 6.00. The summed E-state index contributed by atoms with van der Waals surface area (Å²) in [5.41, 5.74) is 0.779. The van der Waals surface area contributed by atoms with Gasteiger partial charge in [-0.25, -0.2) is 0 Å². The number of ether oxygens (including phenoxy) is 3. The highest BCUT2D eigenvalue weighted by atomic mass is 16.7. The zero-order valence-corrected chi connectivity index (χ0v) is 19.9. The molecule has 0 saturated carbocycles. The number of ketones is 1. The fourth-order valence-corrected chi connectivity index (χ4v) is 4.35. The maximum absolute atomic E-state index is 13.3. The fraction of sp³-hybridized carbons (Fsp3) is 0.185. The summed E-state index contributed by atoms with van der Waals surface area (Å²) in [6.07, 6.45) is -0.0488. The van der Waals surface area contributed by atoms with Crippen LogP contribution in [0.1, 0.15) is 31.0 Å². The first-order chi connectivity index (χ1) is 17.7. The Balaban J connectivity index is 1.65. The maximum Gasteiger partial charge on any atom is 0.300 e. The van der Waals surface area contributed by atoms with E-state index in [1.54, 1.807) is 42.5 Å². The average molecular weight is 502 g/mol. The maximum atomic E-state index is 13.3. The fourth-order valence-electron chi connectivity index (χ4n) is 4.35. The number of Topliss-reactive ketones (excluding diaryl/α,β-unsaturated/α-hetero) is 1. The second-order valence-corrected chi connectivity index (χ2v) is 8.75. The van der Waals surface area contributed by atoms with Crippen LogP contribution in [-0.2, 0) is 9.59 Å². The van der Waals surface area contributed by atoms with Crippen LogP contribution in [0, 0.1) is 10.1 Å².